The van der Waals surface area contributed by atoms with E-state index in [0.717, 1.165) is 11.3 Å². The highest BCUT2D eigenvalue weighted by Gasteiger charge is 2.12. The van der Waals surface area contributed by atoms with E-state index in [2.05, 4.69) is 64.9 Å². The molecule has 0 aliphatic rings. The Morgan fingerprint density at radius 1 is 0.909 bits per heavy atom. The van der Waals surface area contributed by atoms with Gasteiger partial charge in [0.2, 0.25) is 0 Å². The third-order valence-electron chi connectivity index (χ3n) is 3.84. The molecule has 3 nitrogen and oxygen atoms in total. The summed E-state index contributed by atoms with van der Waals surface area (Å²) in [6, 6.07) is 19.1. The summed E-state index contributed by atoms with van der Waals surface area (Å²) in [5.74, 6) is 0. The van der Waals surface area contributed by atoms with Crippen LogP contribution in [-0.4, -0.2) is 15.0 Å². The maximum Gasteiger partial charge on any atom is 0.114 e. The van der Waals surface area contributed by atoms with E-state index in [1.165, 1.54) is 21.5 Å². The lowest BCUT2D eigenvalue weighted by atomic mass is 9.95. The highest BCUT2D eigenvalue weighted by atomic mass is 15.4. The fourth-order valence-electron chi connectivity index (χ4n) is 2.91. The number of hydrogen-bond donors (Lipinski definition) is 0. The van der Waals surface area contributed by atoms with Crippen molar-refractivity contribution in [3.05, 3.63) is 66.9 Å². The summed E-state index contributed by atoms with van der Waals surface area (Å²) in [5, 5.41) is 13.4. The van der Waals surface area contributed by atoms with E-state index in [1.807, 2.05) is 25.4 Å². The molecular weight excluding hydrogens is 270 g/mol. The number of benzene rings is 3. The van der Waals surface area contributed by atoms with Crippen LogP contribution in [0.5, 0.6) is 0 Å². The molecule has 1 heterocycles. The van der Waals surface area contributed by atoms with Crippen LogP contribution in [0.15, 0.2) is 66.9 Å². The molecule has 0 spiro atoms. The van der Waals surface area contributed by atoms with E-state index in [0.29, 0.717) is 0 Å². The Labute approximate surface area is 128 Å². The van der Waals surface area contributed by atoms with Gasteiger partial charge in [0.05, 0.1) is 6.20 Å². The Morgan fingerprint density at radius 3 is 2.18 bits per heavy atom. The monoisotopic (exact) mass is 285 g/mol. The molecule has 0 fully saturated rings. The molecule has 1 aromatic heterocycles. The lowest BCUT2D eigenvalue weighted by molar-refractivity contribution is 0.841. The fourth-order valence-corrected chi connectivity index (χ4v) is 2.91. The lowest BCUT2D eigenvalue weighted by Gasteiger charge is -2.09. The quantitative estimate of drug-likeness (QED) is 0.498. The predicted molar refractivity (Wildman–Crippen MR) is 91.5 cm³/mol. The van der Waals surface area contributed by atoms with Crippen LogP contribution in [0, 0.1) is 0 Å². The van der Waals surface area contributed by atoms with Crippen LogP contribution >= 0.6 is 0 Å². The molecule has 0 radical (unpaired) electrons. The highest BCUT2D eigenvalue weighted by Crippen LogP contribution is 2.35. The normalized spacial score (nSPS) is 11.7. The number of allylic oxidation sites excluding steroid dienone is 1. The van der Waals surface area contributed by atoms with Gasteiger partial charge >= 0.3 is 0 Å². The van der Waals surface area contributed by atoms with Crippen LogP contribution in [0.25, 0.3) is 39.0 Å². The SMILES string of the molecule is CC=Cn1cc(-c2c3ccccc3cc3ccccc23)nn1. The van der Waals surface area contributed by atoms with Gasteiger partial charge in [0.15, 0.2) is 0 Å². The lowest BCUT2D eigenvalue weighted by Crippen LogP contribution is -1.85. The van der Waals surface area contributed by atoms with E-state index in [-0.39, 0.29) is 0 Å². The summed E-state index contributed by atoms with van der Waals surface area (Å²) in [4.78, 5) is 0. The number of aromatic nitrogens is 3. The van der Waals surface area contributed by atoms with E-state index in [9.17, 15) is 0 Å². The van der Waals surface area contributed by atoms with Crippen molar-refractivity contribution in [3.63, 3.8) is 0 Å². The molecule has 0 amide bonds. The first-order chi connectivity index (χ1) is 10.9. The van der Waals surface area contributed by atoms with Crippen molar-refractivity contribution in [2.45, 2.75) is 6.92 Å². The zero-order chi connectivity index (χ0) is 14.9. The van der Waals surface area contributed by atoms with Crippen molar-refractivity contribution in [2.24, 2.45) is 0 Å². The topological polar surface area (TPSA) is 30.7 Å². The van der Waals surface area contributed by atoms with Crippen molar-refractivity contribution < 1.29 is 0 Å². The summed E-state index contributed by atoms with van der Waals surface area (Å²) in [5.41, 5.74) is 2.04. The van der Waals surface area contributed by atoms with Crippen LogP contribution in [0.1, 0.15) is 6.92 Å². The Hall–Kier alpha value is -2.94. The molecule has 3 aromatic carbocycles. The maximum atomic E-state index is 4.37. The minimum Gasteiger partial charge on any atom is -0.228 e. The number of hydrogen-bond acceptors (Lipinski definition) is 2. The summed E-state index contributed by atoms with van der Waals surface area (Å²) in [6.07, 6.45) is 5.80. The van der Waals surface area contributed by atoms with Crippen molar-refractivity contribution in [2.75, 3.05) is 0 Å². The number of fused-ring (bicyclic) bond motifs is 2. The summed E-state index contributed by atoms with van der Waals surface area (Å²) < 4.78 is 1.74. The average molecular weight is 285 g/mol. The van der Waals surface area contributed by atoms with Crippen molar-refractivity contribution in [1.29, 1.82) is 0 Å². The maximum absolute atomic E-state index is 4.37. The van der Waals surface area contributed by atoms with E-state index in [1.54, 1.807) is 4.68 Å². The van der Waals surface area contributed by atoms with Crippen LogP contribution in [0.3, 0.4) is 0 Å². The summed E-state index contributed by atoms with van der Waals surface area (Å²) in [7, 11) is 0. The van der Waals surface area contributed by atoms with E-state index < -0.39 is 0 Å². The Morgan fingerprint density at radius 2 is 1.55 bits per heavy atom. The zero-order valence-electron chi connectivity index (χ0n) is 12.3. The van der Waals surface area contributed by atoms with Gasteiger partial charge in [0.1, 0.15) is 5.69 Å². The van der Waals surface area contributed by atoms with Gasteiger partial charge < -0.3 is 0 Å². The Kier molecular flexibility index (Phi) is 2.97. The molecule has 0 aliphatic carbocycles. The van der Waals surface area contributed by atoms with Crippen molar-refractivity contribution >= 4 is 27.7 Å². The molecule has 4 rings (SSSR count). The zero-order valence-corrected chi connectivity index (χ0v) is 12.3. The molecule has 3 heteroatoms. The molecular formula is C19H15N3. The highest BCUT2D eigenvalue weighted by molar-refractivity contribution is 6.11. The van der Waals surface area contributed by atoms with Gasteiger partial charge in [0.25, 0.3) is 0 Å². The van der Waals surface area contributed by atoms with Gasteiger partial charge in [-0.3, -0.25) is 0 Å². The summed E-state index contributed by atoms with van der Waals surface area (Å²) in [6.45, 7) is 1.97. The first-order valence-corrected chi connectivity index (χ1v) is 7.32. The average Bonchev–Trinajstić information content (AvgIpc) is 3.01. The van der Waals surface area contributed by atoms with Crippen LogP contribution in [0.4, 0.5) is 0 Å². The third-order valence-corrected chi connectivity index (χ3v) is 3.84. The minimum absolute atomic E-state index is 0.895. The molecule has 22 heavy (non-hydrogen) atoms. The summed E-state index contributed by atoms with van der Waals surface area (Å²) >= 11 is 0. The van der Waals surface area contributed by atoms with Crippen molar-refractivity contribution in [3.8, 4) is 11.3 Å². The fraction of sp³-hybridized carbons (Fsp3) is 0.0526. The molecule has 0 bridgehead atoms. The second kappa shape index (κ2) is 5.11. The van der Waals surface area contributed by atoms with Crippen LogP contribution in [-0.2, 0) is 0 Å². The Bertz CT molecular complexity index is 942. The molecule has 4 aromatic rings. The Balaban J connectivity index is 2.11. The van der Waals surface area contributed by atoms with Gasteiger partial charge in [0, 0.05) is 11.8 Å². The molecule has 0 saturated heterocycles. The number of rotatable bonds is 2. The first kappa shape index (κ1) is 12.8. The molecule has 0 aliphatic heterocycles. The van der Waals surface area contributed by atoms with Crippen LogP contribution in [0.2, 0.25) is 0 Å². The van der Waals surface area contributed by atoms with Crippen molar-refractivity contribution in [1.82, 2.24) is 15.0 Å². The largest absolute Gasteiger partial charge is 0.228 e. The molecule has 0 saturated carbocycles. The van der Waals surface area contributed by atoms with E-state index >= 15 is 0 Å². The number of nitrogens with zero attached hydrogens (tertiary/aromatic N) is 3. The van der Waals surface area contributed by atoms with Gasteiger partial charge in [-0.05, 0) is 34.5 Å². The minimum atomic E-state index is 0.895. The second-order valence-corrected chi connectivity index (χ2v) is 5.26. The standard InChI is InChI=1S/C19H15N3/c1-2-11-22-13-18(20-21-22)19-16-9-5-3-7-14(16)12-15-8-4-6-10-17(15)19/h2-13H,1H3. The van der Waals surface area contributed by atoms with Gasteiger partial charge in [-0.25, -0.2) is 4.68 Å². The third kappa shape index (κ3) is 1.99. The van der Waals surface area contributed by atoms with Gasteiger partial charge in [-0.1, -0.05) is 59.8 Å². The predicted octanol–water partition coefficient (Wildman–Crippen LogP) is 4.74. The molecule has 0 atom stereocenters. The van der Waals surface area contributed by atoms with Gasteiger partial charge in [-0.2, -0.15) is 0 Å². The molecule has 0 unspecified atom stereocenters. The molecule has 0 N–H and O–H groups in total. The first-order valence-electron chi connectivity index (χ1n) is 7.32. The molecule has 106 valence electrons. The second-order valence-electron chi connectivity index (χ2n) is 5.26. The smallest absolute Gasteiger partial charge is 0.114 e. The van der Waals surface area contributed by atoms with E-state index in [4.69, 9.17) is 0 Å². The van der Waals surface area contributed by atoms with Gasteiger partial charge in [-0.15, -0.1) is 5.10 Å². The van der Waals surface area contributed by atoms with Crippen LogP contribution < -0.4 is 0 Å².